The molecule has 0 unspecified atom stereocenters. The van der Waals surface area contributed by atoms with Crippen molar-refractivity contribution in [2.45, 2.75) is 13.8 Å². The van der Waals surface area contributed by atoms with E-state index in [0.717, 1.165) is 17.4 Å². The van der Waals surface area contributed by atoms with E-state index in [-0.39, 0.29) is 0 Å². The van der Waals surface area contributed by atoms with Crippen LogP contribution < -0.4 is 0 Å². The Kier molecular flexibility index (Phi) is 62.6. The fourth-order valence-electron chi connectivity index (χ4n) is 0. The van der Waals surface area contributed by atoms with Crippen molar-refractivity contribution in [3.05, 3.63) is 11.1 Å². The molecule has 0 aliphatic rings. The quantitative estimate of drug-likeness (QED) is 0.598. The van der Waals surface area contributed by atoms with E-state index in [1.165, 1.54) is 0 Å². The van der Waals surface area contributed by atoms with Crippen molar-refractivity contribution >= 4 is 0 Å². The van der Waals surface area contributed by atoms with E-state index >= 15 is 0 Å². The van der Waals surface area contributed by atoms with E-state index in [1.54, 1.807) is 13.8 Å². The van der Waals surface area contributed by atoms with Gasteiger partial charge in [-0.1, -0.05) is 0 Å². The van der Waals surface area contributed by atoms with Crippen molar-refractivity contribution in [2.75, 3.05) is 13.1 Å². The first kappa shape index (κ1) is 16.3. The first-order valence-electron chi connectivity index (χ1n) is 2.63. The SMILES string of the molecule is CCN=[N-].CCN=[N-].[O]=[V+2]. The summed E-state index contributed by atoms with van der Waals surface area (Å²) >= 11 is 1.06. The summed E-state index contributed by atoms with van der Waals surface area (Å²) in [6, 6.07) is 0. The summed E-state index contributed by atoms with van der Waals surface area (Å²) in [5, 5.41) is 5.47. The van der Waals surface area contributed by atoms with E-state index in [4.69, 9.17) is 14.7 Å². The predicted octanol–water partition coefficient (Wildman–Crippen LogP) is 1.93. The standard InChI is InChI=1S/2C2H5N2.O.V/c2*1-2-4-3;;/h2*2H2,1H3;;/q2*-1;;+2. The van der Waals surface area contributed by atoms with Crippen LogP contribution in [0.15, 0.2) is 10.2 Å². The summed E-state index contributed by atoms with van der Waals surface area (Å²) in [6.07, 6.45) is 0. The Morgan fingerprint density at radius 1 is 1.10 bits per heavy atom. The van der Waals surface area contributed by atoms with Crippen molar-refractivity contribution in [1.82, 2.24) is 0 Å². The first-order valence-corrected chi connectivity index (χ1v) is 3.20. The summed E-state index contributed by atoms with van der Waals surface area (Å²) in [4.78, 5) is 0. The van der Waals surface area contributed by atoms with Gasteiger partial charge in [0.1, 0.15) is 0 Å². The van der Waals surface area contributed by atoms with Crippen molar-refractivity contribution in [3.63, 3.8) is 0 Å². The Bertz CT molecular complexity index is 62.3. The molecule has 0 aliphatic carbocycles. The van der Waals surface area contributed by atoms with Gasteiger partial charge in [0, 0.05) is 13.1 Å². The van der Waals surface area contributed by atoms with Gasteiger partial charge in [-0.15, -0.1) is 0 Å². The number of rotatable bonds is 2. The molecular formula is C4H10N4OV. The average Bonchev–Trinajstić information content (AvgIpc) is 2.08. The summed E-state index contributed by atoms with van der Waals surface area (Å²) in [7, 11) is 0. The van der Waals surface area contributed by atoms with Crippen LogP contribution in [0.4, 0.5) is 0 Å². The molecule has 0 aromatic heterocycles. The van der Waals surface area contributed by atoms with Crippen LogP contribution in [-0.4, -0.2) is 13.1 Å². The van der Waals surface area contributed by atoms with Crippen molar-refractivity contribution in [3.8, 4) is 0 Å². The van der Waals surface area contributed by atoms with Crippen molar-refractivity contribution in [2.24, 2.45) is 10.2 Å². The zero-order valence-corrected chi connectivity index (χ0v) is 7.46. The van der Waals surface area contributed by atoms with E-state index in [1.807, 2.05) is 0 Å². The second-order valence-electron chi connectivity index (χ2n) is 0.915. The molecule has 0 amide bonds. The molecule has 0 N–H and O–H groups in total. The van der Waals surface area contributed by atoms with Gasteiger partial charge in [-0.25, -0.2) is 0 Å². The van der Waals surface area contributed by atoms with Gasteiger partial charge < -0.3 is 21.3 Å². The minimum absolute atomic E-state index is 0.500. The Morgan fingerprint density at radius 3 is 1.20 bits per heavy atom. The summed E-state index contributed by atoms with van der Waals surface area (Å²) in [5.41, 5.74) is 15.0. The van der Waals surface area contributed by atoms with E-state index < -0.39 is 0 Å². The van der Waals surface area contributed by atoms with E-state index in [2.05, 4.69) is 10.2 Å². The average molecular weight is 181 g/mol. The third-order valence-electron chi connectivity index (χ3n) is 0.283. The van der Waals surface area contributed by atoms with Crippen molar-refractivity contribution in [1.29, 1.82) is 0 Å². The molecule has 0 radical (unpaired) electrons. The molecule has 10 heavy (non-hydrogen) atoms. The summed E-state index contributed by atoms with van der Waals surface area (Å²) < 4.78 is 8.19. The van der Waals surface area contributed by atoms with Gasteiger partial charge in [-0.2, -0.15) is 0 Å². The van der Waals surface area contributed by atoms with Gasteiger partial charge in [0.05, 0.1) is 0 Å². The topological polar surface area (TPSA) is 86.4 Å². The molecule has 57 valence electrons. The van der Waals surface area contributed by atoms with Crippen LogP contribution in [0.2, 0.25) is 0 Å². The summed E-state index contributed by atoms with van der Waals surface area (Å²) in [6.45, 7) is 4.53. The molecule has 6 heteroatoms. The second-order valence-corrected chi connectivity index (χ2v) is 0.915. The molecule has 0 spiro atoms. The van der Waals surface area contributed by atoms with E-state index in [9.17, 15) is 0 Å². The number of nitrogens with zero attached hydrogens (tertiary/aromatic N) is 4. The van der Waals surface area contributed by atoms with Crippen LogP contribution in [-0.2, 0) is 21.0 Å². The monoisotopic (exact) mass is 181 g/mol. The normalized spacial score (nSPS) is 5.60. The molecule has 5 nitrogen and oxygen atoms in total. The molecule has 0 saturated carbocycles. The molecule has 0 saturated heterocycles. The molecule has 0 atom stereocenters. The fraction of sp³-hybridized carbons (Fsp3) is 1.00. The molecule has 0 aromatic carbocycles. The summed E-state index contributed by atoms with van der Waals surface area (Å²) in [5.74, 6) is 0. The Balaban J connectivity index is -0.0000000787. The molecule has 0 rings (SSSR count). The Hall–Kier alpha value is -0.416. The van der Waals surface area contributed by atoms with Crippen LogP contribution in [0.5, 0.6) is 0 Å². The maximum atomic E-state index is 8.19. The van der Waals surface area contributed by atoms with Gasteiger partial charge >= 0.3 is 21.0 Å². The van der Waals surface area contributed by atoms with E-state index in [0.29, 0.717) is 13.1 Å². The maximum absolute atomic E-state index is 8.19. The first-order chi connectivity index (χ1) is 4.83. The second kappa shape index (κ2) is 38.4. The number of hydrogen-bond acceptors (Lipinski definition) is 3. The molecule has 0 bridgehead atoms. The molecule has 0 fully saturated rings. The Morgan fingerprint density at radius 2 is 1.20 bits per heavy atom. The third kappa shape index (κ3) is 131. The molecule has 0 heterocycles. The van der Waals surface area contributed by atoms with Crippen molar-refractivity contribution < 1.29 is 21.0 Å². The van der Waals surface area contributed by atoms with Gasteiger partial charge in [-0.3, -0.25) is 0 Å². The van der Waals surface area contributed by atoms with Crippen LogP contribution in [0, 0.1) is 0 Å². The zero-order chi connectivity index (χ0) is 8.83. The molecular weight excluding hydrogens is 171 g/mol. The van der Waals surface area contributed by atoms with Crippen LogP contribution >= 0.6 is 0 Å². The predicted molar refractivity (Wildman–Crippen MR) is 33.3 cm³/mol. The van der Waals surface area contributed by atoms with Gasteiger partial charge in [0.25, 0.3) is 0 Å². The van der Waals surface area contributed by atoms with Crippen LogP contribution in [0.25, 0.3) is 11.1 Å². The van der Waals surface area contributed by atoms with Crippen LogP contribution in [0.3, 0.4) is 0 Å². The van der Waals surface area contributed by atoms with Gasteiger partial charge in [-0.05, 0) is 13.8 Å². The zero-order valence-electron chi connectivity index (χ0n) is 6.06. The van der Waals surface area contributed by atoms with Gasteiger partial charge in [0.15, 0.2) is 0 Å². The fourth-order valence-corrected chi connectivity index (χ4v) is 0. The van der Waals surface area contributed by atoms with Gasteiger partial charge in [0.2, 0.25) is 0 Å². The molecule has 0 aromatic rings. The number of hydrogen-bond donors (Lipinski definition) is 0. The molecule has 0 aliphatic heterocycles. The Labute approximate surface area is 69.8 Å². The minimum atomic E-state index is 0.500. The van der Waals surface area contributed by atoms with Crippen LogP contribution in [0.1, 0.15) is 13.8 Å². The third-order valence-corrected chi connectivity index (χ3v) is 0.283.